The van der Waals surface area contributed by atoms with E-state index in [0.717, 1.165) is 51.3 Å². The summed E-state index contributed by atoms with van der Waals surface area (Å²) >= 11 is 0. The van der Waals surface area contributed by atoms with Crippen molar-refractivity contribution in [3.05, 3.63) is 59.7 Å². The van der Waals surface area contributed by atoms with Crippen molar-refractivity contribution in [2.45, 2.75) is 31.7 Å². The smallest absolute Gasteiger partial charge is 0.251 e. The van der Waals surface area contributed by atoms with Crippen molar-refractivity contribution in [1.29, 1.82) is 0 Å². The van der Waals surface area contributed by atoms with Crippen LogP contribution < -0.4 is 15.0 Å². The molecule has 2 aromatic rings. The Kier molecular flexibility index (Phi) is 6.35. The molecule has 2 heterocycles. The molecule has 2 aliphatic rings. The fourth-order valence-corrected chi connectivity index (χ4v) is 4.52. The molecule has 0 saturated carbocycles. The molecule has 1 saturated heterocycles. The van der Waals surface area contributed by atoms with Crippen LogP contribution in [0, 0.1) is 0 Å². The van der Waals surface area contributed by atoms with Gasteiger partial charge in [0.15, 0.2) is 0 Å². The third-order valence-corrected chi connectivity index (χ3v) is 6.15. The average Bonchev–Trinajstić information content (AvgIpc) is 2.78. The number of methoxy groups -OCH3 is 1. The van der Waals surface area contributed by atoms with E-state index in [1.165, 1.54) is 24.1 Å². The number of rotatable bonds is 7. The Morgan fingerprint density at radius 2 is 1.93 bits per heavy atom. The van der Waals surface area contributed by atoms with Crippen molar-refractivity contribution in [3.63, 3.8) is 0 Å². The maximum Gasteiger partial charge on any atom is 0.251 e. The van der Waals surface area contributed by atoms with Crippen LogP contribution in [0.1, 0.15) is 35.2 Å². The van der Waals surface area contributed by atoms with Crippen LogP contribution in [0.4, 0.5) is 5.69 Å². The number of carbonyl (C=O) groups excluding carboxylic acids is 1. The van der Waals surface area contributed by atoms with Crippen molar-refractivity contribution in [3.8, 4) is 5.75 Å². The largest absolute Gasteiger partial charge is 0.497 e. The van der Waals surface area contributed by atoms with Crippen molar-refractivity contribution >= 4 is 11.6 Å². The Bertz CT molecular complexity index is 821. The van der Waals surface area contributed by atoms with Crippen LogP contribution in [-0.4, -0.2) is 56.7 Å². The molecule has 154 valence electrons. The Morgan fingerprint density at radius 1 is 1.10 bits per heavy atom. The molecule has 1 atom stereocenters. The zero-order valence-electron chi connectivity index (χ0n) is 17.3. The number of fused-ring (bicyclic) bond motifs is 3. The highest BCUT2D eigenvalue weighted by atomic mass is 16.5. The first kappa shape index (κ1) is 19.8. The quantitative estimate of drug-likeness (QED) is 0.733. The molecule has 2 aromatic carbocycles. The summed E-state index contributed by atoms with van der Waals surface area (Å²) in [6.07, 6.45) is 4.58. The Balaban J connectivity index is 1.16. The van der Waals surface area contributed by atoms with Crippen LogP contribution in [0.2, 0.25) is 0 Å². The first-order valence-corrected chi connectivity index (χ1v) is 10.7. The predicted octanol–water partition coefficient (Wildman–Crippen LogP) is 3.34. The SMILES string of the molecule is COc1ccc(C(=O)NCCCCN2CCN3c4ccccc4CCC3C2)cc1. The molecule has 0 aliphatic carbocycles. The van der Waals surface area contributed by atoms with Gasteiger partial charge >= 0.3 is 0 Å². The number of carbonyl (C=O) groups is 1. The molecular weight excluding hydrogens is 362 g/mol. The number of hydrogen-bond donors (Lipinski definition) is 1. The molecule has 1 fully saturated rings. The molecular formula is C24H31N3O2. The number of ether oxygens (including phenoxy) is 1. The number of anilines is 1. The summed E-state index contributed by atoms with van der Waals surface area (Å²) in [5, 5.41) is 3.02. The fourth-order valence-electron chi connectivity index (χ4n) is 4.52. The van der Waals surface area contributed by atoms with Crippen LogP contribution in [-0.2, 0) is 6.42 Å². The van der Waals surface area contributed by atoms with Gasteiger partial charge < -0.3 is 15.0 Å². The molecule has 0 radical (unpaired) electrons. The number of hydrogen-bond acceptors (Lipinski definition) is 4. The van der Waals surface area contributed by atoms with E-state index in [4.69, 9.17) is 4.74 Å². The number of para-hydroxylation sites is 1. The average molecular weight is 394 g/mol. The minimum absolute atomic E-state index is 0.0119. The minimum Gasteiger partial charge on any atom is -0.497 e. The summed E-state index contributed by atoms with van der Waals surface area (Å²) in [6, 6.07) is 16.8. The molecule has 5 heteroatoms. The predicted molar refractivity (Wildman–Crippen MR) is 117 cm³/mol. The summed E-state index contributed by atoms with van der Waals surface area (Å²) < 4.78 is 5.13. The van der Waals surface area contributed by atoms with E-state index in [0.29, 0.717) is 11.6 Å². The number of nitrogens with zero attached hydrogens (tertiary/aromatic N) is 2. The van der Waals surface area contributed by atoms with E-state index in [2.05, 4.69) is 39.4 Å². The van der Waals surface area contributed by atoms with Gasteiger partial charge in [-0.15, -0.1) is 0 Å². The highest BCUT2D eigenvalue weighted by molar-refractivity contribution is 5.94. The topological polar surface area (TPSA) is 44.8 Å². The van der Waals surface area contributed by atoms with Crippen molar-refractivity contribution < 1.29 is 9.53 Å². The maximum atomic E-state index is 12.2. The van der Waals surface area contributed by atoms with Crippen molar-refractivity contribution in [2.75, 3.05) is 44.7 Å². The highest BCUT2D eigenvalue weighted by Crippen LogP contribution is 2.32. The number of unbranched alkanes of at least 4 members (excludes halogenated alkanes) is 1. The number of benzene rings is 2. The van der Waals surface area contributed by atoms with Crippen LogP contribution in [0.15, 0.2) is 48.5 Å². The van der Waals surface area contributed by atoms with Gasteiger partial charge in [0.2, 0.25) is 0 Å². The first-order valence-electron chi connectivity index (χ1n) is 10.7. The highest BCUT2D eigenvalue weighted by Gasteiger charge is 2.30. The lowest BCUT2D eigenvalue weighted by molar-refractivity contribution is 0.0952. The van der Waals surface area contributed by atoms with Crippen LogP contribution in [0.25, 0.3) is 0 Å². The van der Waals surface area contributed by atoms with E-state index in [-0.39, 0.29) is 5.91 Å². The van der Waals surface area contributed by atoms with E-state index in [9.17, 15) is 4.79 Å². The molecule has 29 heavy (non-hydrogen) atoms. The second kappa shape index (κ2) is 9.31. The van der Waals surface area contributed by atoms with E-state index in [1.54, 1.807) is 19.2 Å². The van der Waals surface area contributed by atoms with E-state index in [1.807, 2.05) is 12.1 Å². The van der Waals surface area contributed by atoms with Gasteiger partial charge in [-0.2, -0.15) is 0 Å². The standard InChI is InChI=1S/C24H31N3O2/c1-29-22-12-9-20(10-13-22)24(28)25-14-4-5-15-26-16-17-27-21(18-26)11-8-19-6-2-3-7-23(19)27/h2-3,6-7,9-10,12-13,21H,4-5,8,11,14-18H2,1H3,(H,25,28). The molecule has 1 unspecified atom stereocenters. The van der Waals surface area contributed by atoms with Crippen molar-refractivity contribution in [2.24, 2.45) is 0 Å². The molecule has 4 rings (SSSR count). The summed E-state index contributed by atoms with van der Waals surface area (Å²) in [6.45, 7) is 5.25. The maximum absolute atomic E-state index is 12.2. The van der Waals surface area contributed by atoms with Gasteiger partial charge in [0.25, 0.3) is 5.91 Å². The molecule has 2 aliphatic heterocycles. The third kappa shape index (κ3) is 4.73. The van der Waals surface area contributed by atoms with Crippen LogP contribution in [0.5, 0.6) is 5.75 Å². The van der Waals surface area contributed by atoms with Gasteiger partial charge in [0, 0.05) is 43.5 Å². The molecule has 0 spiro atoms. The number of amides is 1. The van der Waals surface area contributed by atoms with Gasteiger partial charge in [-0.05, 0) is 68.1 Å². The summed E-state index contributed by atoms with van der Waals surface area (Å²) in [4.78, 5) is 17.4. The first-order chi connectivity index (χ1) is 14.2. The number of aryl methyl sites for hydroxylation is 1. The Morgan fingerprint density at radius 3 is 2.76 bits per heavy atom. The Hall–Kier alpha value is -2.53. The molecule has 1 amide bonds. The summed E-state index contributed by atoms with van der Waals surface area (Å²) in [5.74, 6) is 0.755. The summed E-state index contributed by atoms with van der Waals surface area (Å²) in [7, 11) is 1.63. The molecule has 1 N–H and O–H groups in total. The number of nitrogens with one attached hydrogen (secondary N) is 1. The molecule has 0 bridgehead atoms. The van der Waals surface area contributed by atoms with Gasteiger partial charge in [0.05, 0.1) is 7.11 Å². The zero-order chi connectivity index (χ0) is 20.1. The number of piperazine rings is 1. The lowest BCUT2D eigenvalue weighted by atomic mass is 9.94. The van der Waals surface area contributed by atoms with Crippen LogP contribution >= 0.6 is 0 Å². The second-order valence-electron chi connectivity index (χ2n) is 8.01. The van der Waals surface area contributed by atoms with Crippen LogP contribution in [0.3, 0.4) is 0 Å². The fraction of sp³-hybridized carbons (Fsp3) is 0.458. The lowest BCUT2D eigenvalue weighted by Gasteiger charge is -2.46. The van der Waals surface area contributed by atoms with Gasteiger partial charge in [-0.3, -0.25) is 9.69 Å². The van der Waals surface area contributed by atoms with E-state index >= 15 is 0 Å². The van der Waals surface area contributed by atoms with Gasteiger partial charge in [-0.25, -0.2) is 0 Å². The molecule has 0 aromatic heterocycles. The lowest BCUT2D eigenvalue weighted by Crippen LogP contribution is -2.55. The monoisotopic (exact) mass is 393 g/mol. The van der Waals surface area contributed by atoms with E-state index < -0.39 is 0 Å². The normalized spacial score (nSPS) is 18.7. The van der Waals surface area contributed by atoms with Gasteiger partial charge in [0.1, 0.15) is 5.75 Å². The van der Waals surface area contributed by atoms with Crippen molar-refractivity contribution in [1.82, 2.24) is 10.2 Å². The minimum atomic E-state index is -0.0119. The summed E-state index contributed by atoms with van der Waals surface area (Å²) in [5.41, 5.74) is 3.63. The third-order valence-electron chi connectivity index (χ3n) is 6.15. The second-order valence-corrected chi connectivity index (χ2v) is 8.01. The molecule has 5 nitrogen and oxygen atoms in total. The van der Waals surface area contributed by atoms with Gasteiger partial charge in [-0.1, -0.05) is 18.2 Å². The Labute approximate surface area is 173 Å². The zero-order valence-corrected chi connectivity index (χ0v) is 17.3.